The van der Waals surface area contributed by atoms with E-state index < -0.39 is 0 Å². The maximum absolute atomic E-state index is 5.79. The molecule has 0 amide bonds. The highest BCUT2D eigenvalue weighted by Gasteiger charge is 2.11. The topological polar surface area (TPSA) is 56.7 Å². The highest BCUT2D eigenvalue weighted by molar-refractivity contribution is 5.41. The SMILES string of the molecule is CCc1cc(CC)n(-c2cc(C)ncc2CN)n1. The standard InChI is InChI=1S/C14H20N4/c1-4-12-7-13(5-2)18(17-12)14-6-10(3)16-9-11(14)8-15/h6-7,9H,4-5,8,15H2,1-3H3. The van der Waals surface area contributed by atoms with Gasteiger partial charge in [0, 0.05) is 29.7 Å². The lowest BCUT2D eigenvalue weighted by Crippen LogP contribution is -2.09. The minimum atomic E-state index is 0.479. The van der Waals surface area contributed by atoms with Gasteiger partial charge in [-0.25, -0.2) is 4.68 Å². The summed E-state index contributed by atoms with van der Waals surface area (Å²) in [5.41, 5.74) is 11.2. The van der Waals surface area contributed by atoms with Gasteiger partial charge in [-0.3, -0.25) is 4.98 Å². The Balaban J connectivity index is 2.59. The summed E-state index contributed by atoms with van der Waals surface area (Å²) in [5.74, 6) is 0. The van der Waals surface area contributed by atoms with E-state index in [1.165, 1.54) is 5.69 Å². The van der Waals surface area contributed by atoms with Crippen molar-refractivity contribution in [3.8, 4) is 5.69 Å². The van der Waals surface area contributed by atoms with E-state index in [0.29, 0.717) is 6.54 Å². The second-order valence-electron chi connectivity index (χ2n) is 4.40. The number of nitrogens with two attached hydrogens (primary N) is 1. The Labute approximate surface area is 108 Å². The molecule has 4 heteroatoms. The number of aryl methyl sites for hydroxylation is 3. The van der Waals surface area contributed by atoms with Crippen LogP contribution in [0.4, 0.5) is 0 Å². The lowest BCUT2D eigenvalue weighted by molar-refractivity contribution is 0.778. The zero-order valence-electron chi connectivity index (χ0n) is 11.3. The molecule has 0 radical (unpaired) electrons. The molecule has 2 aromatic rings. The van der Waals surface area contributed by atoms with Gasteiger partial charge >= 0.3 is 0 Å². The number of aromatic nitrogens is 3. The molecule has 18 heavy (non-hydrogen) atoms. The van der Waals surface area contributed by atoms with Crippen molar-refractivity contribution < 1.29 is 0 Å². The fourth-order valence-corrected chi connectivity index (χ4v) is 2.04. The Hall–Kier alpha value is -1.68. The van der Waals surface area contributed by atoms with Crippen molar-refractivity contribution in [1.82, 2.24) is 14.8 Å². The Morgan fingerprint density at radius 2 is 2.00 bits per heavy atom. The Kier molecular flexibility index (Phi) is 3.77. The molecule has 2 N–H and O–H groups in total. The van der Waals surface area contributed by atoms with E-state index >= 15 is 0 Å². The van der Waals surface area contributed by atoms with E-state index in [0.717, 1.165) is 35.5 Å². The third-order valence-corrected chi connectivity index (χ3v) is 3.10. The highest BCUT2D eigenvalue weighted by Crippen LogP contribution is 2.18. The first kappa shape index (κ1) is 12.8. The Bertz CT molecular complexity index is 543. The third kappa shape index (κ3) is 2.29. The largest absolute Gasteiger partial charge is 0.326 e. The summed E-state index contributed by atoms with van der Waals surface area (Å²) >= 11 is 0. The molecule has 96 valence electrons. The third-order valence-electron chi connectivity index (χ3n) is 3.10. The van der Waals surface area contributed by atoms with E-state index in [1.807, 2.05) is 23.9 Å². The van der Waals surface area contributed by atoms with Gasteiger partial charge < -0.3 is 5.73 Å². The van der Waals surface area contributed by atoms with E-state index in [1.54, 1.807) is 0 Å². The lowest BCUT2D eigenvalue weighted by Gasteiger charge is -2.11. The number of hydrogen-bond donors (Lipinski definition) is 1. The number of nitrogens with zero attached hydrogens (tertiary/aromatic N) is 3. The van der Waals surface area contributed by atoms with Crippen LogP contribution in [-0.4, -0.2) is 14.8 Å². The average molecular weight is 244 g/mol. The maximum Gasteiger partial charge on any atom is 0.0727 e. The molecule has 2 aromatic heterocycles. The van der Waals surface area contributed by atoms with Crippen LogP contribution in [0.5, 0.6) is 0 Å². The van der Waals surface area contributed by atoms with E-state index in [9.17, 15) is 0 Å². The van der Waals surface area contributed by atoms with Gasteiger partial charge in [-0.1, -0.05) is 13.8 Å². The quantitative estimate of drug-likeness (QED) is 0.896. The molecule has 0 aromatic carbocycles. The summed E-state index contributed by atoms with van der Waals surface area (Å²) in [6, 6.07) is 4.21. The molecular formula is C14H20N4. The molecule has 0 aliphatic rings. The van der Waals surface area contributed by atoms with Crippen LogP contribution in [0.1, 0.15) is 36.5 Å². The Morgan fingerprint density at radius 3 is 2.61 bits per heavy atom. The van der Waals surface area contributed by atoms with Crippen molar-refractivity contribution in [2.45, 2.75) is 40.2 Å². The lowest BCUT2D eigenvalue weighted by atomic mass is 10.2. The smallest absolute Gasteiger partial charge is 0.0727 e. The van der Waals surface area contributed by atoms with Crippen molar-refractivity contribution >= 4 is 0 Å². The van der Waals surface area contributed by atoms with Crippen LogP contribution in [-0.2, 0) is 19.4 Å². The summed E-state index contributed by atoms with van der Waals surface area (Å²) in [6.45, 7) is 6.73. The molecule has 0 spiro atoms. The first-order chi connectivity index (χ1) is 8.69. The van der Waals surface area contributed by atoms with E-state index in [2.05, 4.69) is 30.0 Å². The van der Waals surface area contributed by atoms with Gasteiger partial charge in [0.25, 0.3) is 0 Å². The van der Waals surface area contributed by atoms with Crippen LogP contribution in [0.25, 0.3) is 5.69 Å². The van der Waals surface area contributed by atoms with Gasteiger partial charge in [-0.05, 0) is 31.9 Å². The predicted octanol–water partition coefficient (Wildman–Crippen LogP) is 2.16. The molecule has 0 saturated carbocycles. The molecule has 0 aliphatic heterocycles. The highest BCUT2D eigenvalue weighted by atomic mass is 15.3. The average Bonchev–Trinajstić information content (AvgIpc) is 2.81. The molecule has 0 unspecified atom stereocenters. The van der Waals surface area contributed by atoms with Gasteiger partial charge in [0.05, 0.1) is 11.4 Å². The van der Waals surface area contributed by atoms with Gasteiger partial charge in [-0.15, -0.1) is 0 Å². The predicted molar refractivity (Wildman–Crippen MR) is 72.7 cm³/mol. The van der Waals surface area contributed by atoms with Crippen LogP contribution in [0.15, 0.2) is 18.3 Å². The van der Waals surface area contributed by atoms with Crippen molar-refractivity contribution in [2.75, 3.05) is 0 Å². The molecule has 2 rings (SSSR count). The zero-order chi connectivity index (χ0) is 13.1. The number of rotatable bonds is 4. The van der Waals surface area contributed by atoms with Crippen molar-refractivity contribution in [3.63, 3.8) is 0 Å². The summed E-state index contributed by atoms with van der Waals surface area (Å²) < 4.78 is 2.01. The summed E-state index contributed by atoms with van der Waals surface area (Å²) in [7, 11) is 0. The molecule has 0 aliphatic carbocycles. The van der Waals surface area contributed by atoms with Gasteiger partial charge in [0.1, 0.15) is 0 Å². The molecule has 0 fully saturated rings. The van der Waals surface area contributed by atoms with Gasteiger partial charge in [0.15, 0.2) is 0 Å². The molecule has 0 saturated heterocycles. The molecular weight excluding hydrogens is 224 g/mol. The normalized spacial score (nSPS) is 10.9. The monoisotopic (exact) mass is 244 g/mol. The fourth-order valence-electron chi connectivity index (χ4n) is 2.04. The molecule has 0 bridgehead atoms. The minimum Gasteiger partial charge on any atom is -0.326 e. The van der Waals surface area contributed by atoms with Crippen LogP contribution < -0.4 is 5.73 Å². The second kappa shape index (κ2) is 5.31. The number of pyridine rings is 1. The molecule has 0 atom stereocenters. The van der Waals surface area contributed by atoms with E-state index in [-0.39, 0.29) is 0 Å². The van der Waals surface area contributed by atoms with Crippen molar-refractivity contribution in [1.29, 1.82) is 0 Å². The second-order valence-corrected chi connectivity index (χ2v) is 4.40. The molecule has 2 heterocycles. The first-order valence-corrected chi connectivity index (χ1v) is 6.43. The van der Waals surface area contributed by atoms with Crippen molar-refractivity contribution in [3.05, 3.63) is 41.0 Å². The summed E-state index contributed by atoms with van der Waals surface area (Å²) in [5, 5.41) is 4.65. The Morgan fingerprint density at radius 1 is 1.22 bits per heavy atom. The van der Waals surface area contributed by atoms with Crippen molar-refractivity contribution in [2.24, 2.45) is 5.73 Å². The number of hydrogen-bond acceptors (Lipinski definition) is 3. The van der Waals surface area contributed by atoms with Gasteiger partial charge in [-0.2, -0.15) is 5.10 Å². The maximum atomic E-state index is 5.79. The van der Waals surface area contributed by atoms with Crippen LogP contribution >= 0.6 is 0 Å². The zero-order valence-corrected chi connectivity index (χ0v) is 11.3. The van der Waals surface area contributed by atoms with Crippen LogP contribution in [0.3, 0.4) is 0 Å². The molecule has 4 nitrogen and oxygen atoms in total. The first-order valence-electron chi connectivity index (χ1n) is 6.43. The van der Waals surface area contributed by atoms with Crippen LogP contribution in [0, 0.1) is 6.92 Å². The summed E-state index contributed by atoms with van der Waals surface area (Å²) in [6.07, 6.45) is 3.75. The summed E-state index contributed by atoms with van der Waals surface area (Å²) in [4.78, 5) is 4.30. The van der Waals surface area contributed by atoms with Gasteiger partial charge in [0.2, 0.25) is 0 Å². The minimum absolute atomic E-state index is 0.479. The fraction of sp³-hybridized carbons (Fsp3) is 0.429. The van der Waals surface area contributed by atoms with Crippen LogP contribution in [0.2, 0.25) is 0 Å². The van der Waals surface area contributed by atoms with E-state index in [4.69, 9.17) is 5.73 Å².